The summed E-state index contributed by atoms with van der Waals surface area (Å²) in [5.41, 5.74) is 0.917. The lowest BCUT2D eigenvalue weighted by Gasteiger charge is -2.08. The fraction of sp³-hybridized carbons (Fsp3) is 0.231. The molecule has 1 heterocycles. The third kappa shape index (κ3) is 3.12. The molecule has 0 aliphatic carbocycles. The summed E-state index contributed by atoms with van der Waals surface area (Å²) >= 11 is 5.85. The minimum absolute atomic E-state index is 0.0203. The SMILES string of the molecule is CCNc1cnn(Cc2cccc(F)c2Cl)c(=O)c1. The van der Waals surface area contributed by atoms with E-state index in [1.807, 2.05) is 6.92 Å². The molecule has 2 aromatic rings. The molecular formula is C13H13ClFN3O. The maximum atomic E-state index is 13.3. The summed E-state index contributed by atoms with van der Waals surface area (Å²) in [6.45, 7) is 2.78. The first kappa shape index (κ1) is 13.5. The van der Waals surface area contributed by atoms with Crippen molar-refractivity contribution in [1.82, 2.24) is 9.78 Å². The van der Waals surface area contributed by atoms with Crippen molar-refractivity contribution in [1.29, 1.82) is 0 Å². The Hall–Kier alpha value is -1.88. The largest absolute Gasteiger partial charge is 0.384 e. The fourth-order valence-electron chi connectivity index (χ4n) is 1.69. The molecule has 0 saturated heterocycles. The normalized spacial score (nSPS) is 10.5. The van der Waals surface area contributed by atoms with Crippen LogP contribution in [0, 0.1) is 5.82 Å². The lowest BCUT2D eigenvalue weighted by molar-refractivity contribution is 0.611. The van der Waals surface area contributed by atoms with E-state index in [4.69, 9.17) is 11.6 Å². The van der Waals surface area contributed by atoms with Crippen LogP contribution in [-0.2, 0) is 6.54 Å². The molecule has 4 nitrogen and oxygen atoms in total. The summed E-state index contributed by atoms with van der Waals surface area (Å²) in [4.78, 5) is 11.8. The van der Waals surface area contributed by atoms with Crippen molar-refractivity contribution in [2.75, 3.05) is 11.9 Å². The number of aromatic nitrogens is 2. The number of rotatable bonds is 4. The average Bonchev–Trinajstić information content (AvgIpc) is 2.38. The predicted molar refractivity (Wildman–Crippen MR) is 73.2 cm³/mol. The lowest BCUT2D eigenvalue weighted by Crippen LogP contribution is -2.23. The summed E-state index contributed by atoms with van der Waals surface area (Å²) in [7, 11) is 0. The van der Waals surface area contributed by atoms with Gasteiger partial charge in [-0.15, -0.1) is 0 Å². The molecule has 0 bridgehead atoms. The Morgan fingerprint density at radius 2 is 2.26 bits per heavy atom. The first-order valence-corrected chi connectivity index (χ1v) is 6.23. The van der Waals surface area contributed by atoms with Gasteiger partial charge in [-0.1, -0.05) is 23.7 Å². The monoisotopic (exact) mass is 281 g/mol. The topological polar surface area (TPSA) is 46.9 Å². The molecule has 100 valence electrons. The molecule has 0 amide bonds. The minimum atomic E-state index is -0.503. The lowest BCUT2D eigenvalue weighted by atomic mass is 10.2. The maximum Gasteiger partial charge on any atom is 0.269 e. The highest BCUT2D eigenvalue weighted by Crippen LogP contribution is 2.19. The first-order chi connectivity index (χ1) is 9.11. The number of anilines is 1. The zero-order valence-electron chi connectivity index (χ0n) is 10.4. The molecule has 1 N–H and O–H groups in total. The molecule has 0 radical (unpaired) electrons. The predicted octanol–water partition coefficient (Wildman–Crippen LogP) is 2.52. The highest BCUT2D eigenvalue weighted by molar-refractivity contribution is 6.31. The van der Waals surface area contributed by atoms with Gasteiger partial charge in [0.15, 0.2) is 0 Å². The number of benzene rings is 1. The number of halogens is 2. The first-order valence-electron chi connectivity index (χ1n) is 5.85. The Balaban J connectivity index is 2.29. The number of nitrogens with zero attached hydrogens (tertiary/aromatic N) is 2. The van der Waals surface area contributed by atoms with Crippen molar-refractivity contribution >= 4 is 17.3 Å². The summed E-state index contributed by atoms with van der Waals surface area (Å²) in [5.74, 6) is -0.503. The van der Waals surface area contributed by atoms with E-state index < -0.39 is 5.82 Å². The van der Waals surface area contributed by atoms with Crippen LogP contribution in [0.25, 0.3) is 0 Å². The van der Waals surface area contributed by atoms with Gasteiger partial charge in [-0.2, -0.15) is 5.10 Å². The summed E-state index contributed by atoms with van der Waals surface area (Å²) in [5, 5.41) is 7.04. The number of nitrogens with one attached hydrogen (secondary N) is 1. The van der Waals surface area contributed by atoms with Gasteiger partial charge < -0.3 is 5.32 Å². The van der Waals surface area contributed by atoms with Gasteiger partial charge in [0.1, 0.15) is 5.82 Å². The molecule has 0 aliphatic heterocycles. The van der Waals surface area contributed by atoms with Crippen molar-refractivity contribution in [3.8, 4) is 0 Å². The molecule has 6 heteroatoms. The summed E-state index contributed by atoms with van der Waals surface area (Å²) in [6, 6.07) is 5.94. The van der Waals surface area contributed by atoms with E-state index in [9.17, 15) is 9.18 Å². The molecule has 0 saturated carbocycles. The van der Waals surface area contributed by atoms with E-state index in [1.54, 1.807) is 18.3 Å². The molecule has 1 aromatic carbocycles. The Bertz CT molecular complexity index is 642. The van der Waals surface area contributed by atoms with Crippen LogP contribution in [0.1, 0.15) is 12.5 Å². The zero-order valence-corrected chi connectivity index (χ0v) is 11.1. The van der Waals surface area contributed by atoms with Crippen molar-refractivity contribution in [2.24, 2.45) is 0 Å². The second kappa shape index (κ2) is 5.84. The molecule has 0 spiro atoms. The fourth-order valence-corrected chi connectivity index (χ4v) is 1.87. The van der Waals surface area contributed by atoms with E-state index >= 15 is 0 Å². The Labute approximate surface area is 114 Å². The van der Waals surface area contributed by atoms with Gasteiger partial charge in [0.2, 0.25) is 0 Å². The van der Waals surface area contributed by atoms with Gasteiger partial charge >= 0.3 is 0 Å². The average molecular weight is 282 g/mol. The van der Waals surface area contributed by atoms with E-state index in [2.05, 4.69) is 10.4 Å². The van der Waals surface area contributed by atoms with Crippen LogP contribution in [0.2, 0.25) is 5.02 Å². The van der Waals surface area contributed by atoms with Gasteiger partial charge in [0.05, 0.1) is 23.5 Å². The van der Waals surface area contributed by atoms with Crippen molar-refractivity contribution < 1.29 is 4.39 Å². The van der Waals surface area contributed by atoms with E-state index in [0.717, 1.165) is 0 Å². The van der Waals surface area contributed by atoms with Crippen LogP contribution in [0.5, 0.6) is 0 Å². The zero-order chi connectivity index (χ0) is 13.8. The van der Waals surface area contributed by atoms with Gasteiger partial charge in [0, 0.05) is 12.6 Å². The standard InChI is InChI=1S/C13H13ClFN3O/c1-2-16-10-6-12(19)18(17-7-10)8-9-4-3-5-11(15)13(9)14/h3-7,16H,2,8H2,1H3. The van der Waals surface area contributed by atoms with Crippen LogP contribution < -0.4 is 10.9 Å². The number of hydrogen-bond acceptors (Lipinski definition) is 3. The molecule has 0 aliphatic rings. The smallest absolute Gasteiger partial charge is 0.269 e. The molecule has 0 fully saturated rings. The van der Waals surface area contributed by atoms with Gasteiger partial charge in [-0.05, 0) is 18.6 Å². The van der Waals surface area contributed by atoms with Gasteiger partial charge in [0.25, 0.3) is 5.56 Å². The van der Waals surface area contributed by atoms with Gasteiger partial charge in [-0.3, -0.25) is 4.79 Å². The van der Waals surface area contributed by atoms with Gasteiger partial charge in [-0.25, -0.2) is 9.07 Å². The summed E-state index contributed by atoms with van der Waals surface area (Å²) in [6.07, 6.45) is 1.55. The van der Waals surface area contributed by atoms with Crippen LogP contribution >= 0.6 is 11.6 Å². The molecule has 19 heavy (non-hydrogen) atoms. The second-order valence-electron chi connectivity index (χ2n) is 3.98. The third-order valence-electron chi connectivity index (χ3n) is 2.60. The Kier molecular flexibility index (Phi) is 4.16. The third-order valence-corrected chi connectivity index (χ3v) is 3.03. The number of hydrogen-bond donors (Lipinski definition) is 1. The molecular weight excluding hydrogens is 269 g/mol. The van der Waals surface area contributed by atoms with Crippen molar-refractivity contribution in [2.45, 2.75) is 13.5 Å². The Morgan fingerprint density at radius 1 is 1.47 bits per heavy atom. The van der Waals surface area contributed by atoms with Crippen LogP contribution in [0.3, 0.4) is 0 Å². The summed E-state index contributed by atoms with van der Waals surface area (Å²) < 4.78 is 14.5. The second-order valence-corrected chi connectivity index (χ2v) is 4.36. The van der Waals surface area contributed by atoms with Crippen molar-refractivity contribution in [3.63, 3.8) is 0 Å². The maximum absolute atomic E-state index is 13.3. The van der Waals surface area contributed by atoms with Crippen LogP contribution in [0.4, 0.5) is 10.1 Å². The minimum Gasteiger partial charge on any atom is -0.384 e. The Morgan fingerprint density at radius 3 is 2.95 bits per heavy atom. The molecule has 1 aromatic heterocycles. The highest BCUT2D eigenvalue weighted by Gasteiger charge is 2.08. The molecule has 0 atom stereocenters. The quantitative estimate of drug-likeness (QED) is 0.937. The van der Waals surface area contributed by atoms with Crippen molar-refractivity contribution in [3.05, 3.63) is 57.2 Å². The van der Waals surface area contributed by atoms with E-state index in [-0.39, 0.29) is 17.1 Å². The highest BCUT2D eigenvalue weighted by atomic mass is 35.5. The van der Waals surface area contributed by atoms with E-state index in [0.29, 0.717) is 17.8 Å². The van der Waals surface area contributed by atoms with E-state index in [1.165, 1.54) is 16.8 Å². The van der Waals surface area contributed by atoms with Crippen LogP contribution in [-0.4, -0.2) is 16.3 Å². The molecule has 2 rings (SSSR count). The molecule has 0 unspecified atom stereocenters. The van der Waals surface area contributed by atoms with Crippen LogP contribution in [0.15, 0.2) is 35.3 Å².